The van der Waals surface area contributed by atoms with E-state index in [-0.39, 0.29) is 12.3 Å². The number of hydrogen-bond donors (Lipinski definition) is 2. The molecule has 0 bridgehead atoms. The zero-order valence-electron chi connectivity index (χ0n) is 11.9. The van der Waals surface area contributed by atoms with E-state index in [1.807, 2.05) is 12.1 Å². The molecule has 6 nitrogen and oxygen atoms in total. The molecule has 0 saturated heterocycles. The van der Waals surface area contributed by atoms with Crippen LogP contribution in [0, 0.1) is 0 Å². The number of methoxy groups -OCH3 is 1. The van der Waals surface area contributed by atoms with Crippen molar-refractivity contribution in [2.45, 2.75) is 6.10 Å². The zero-order chi connectivity index (χ0) is 15.5. The Labute approximate surface area is 126 Å². The van der Waals surface area contributed by atoms with Crippen molar-refractivity contribution in [1.82, 2.24) is 5.32 Å². The van der Waals surface area contributed by atoms with Gasteiger partial charge < -0.3 is 24.0 Å². The van der Waals surface area contributed by atoms with E-state index in [0.29, 0.717) is 16.9 Å². The first-order valence-electron chi connectivity index (χ1n) is 6.74. The van der Waals surface area contributed by atoms with Gasteiger partial charge in [0, 0.05) is 17.5 Å². The maximum Gasteiger partial charge on any atom is 0.287 e. The summed E-state index contributed by atoms with van der Waals surface area (Å²) in [6.45, 7) is 0.0621. The predicted octanol–water partition coefficient (Wildman–Crippen LogP) is 2.50. The number of hydrogen-bond acceptors (Lipinski definition) is 5. The zero-order valence-corrected chi connectivity index (χ0v) is 11.9. The van der Waals surface area contributed by atoms with Crippen molar-refractivity contribution in [3.05, 3.63) is 54.2 Å². The quantitative estimate of drug-likeness (QED) is 0.756. The summed E-state index contributed by atoms with van der Waals surface area (Å²) < 4.78 is 15.6. The average Bonchev–Trinajstić information content (AvgIpc) is 3.20. The van der Waals surface area contributed by atoms with Gasteiger partial charge in [0.15, 0.2) is 17.1 Å². The maximum atomic E-state index is 12.1. The largest absolute Gasteiger partial charge is 0.493 e. The van der Waals surface area contributed by atoms with Gasteiger partial charge in [-0.25, -0.2) is 0 Å². The minimum atomic E-state index is -0.832. The standard InChI is InChI=1S/C16H15NO5/c1-20-13-4-2-3-10-7-14(22-15(10)13)16(19)17-8-12(18)11-5-6-21-9-11/h2-7,9,12,18H,8H2,1H3,(H,17,19)/t12-/m0/s1. The summed E-state index contributed by atoms with van der Waals surface area (Å²) in [7, 11) is 1.54. The summed E-state index contributed by atoms with van der Waals surface area (Å²) >= 11 is 0. The van der Waals surface area contributed by atoms with Gasteiger partial charge in [-0.15, -0.1) is 0 Å². The van der Waals surface area contributed by atoms with E-state index in [1.165, 1.54) is 19.6 Å². The molecular weight excluding hydrogens is 286 g/mol. The Hall–Kier alpha value is -2.73. The third-order valence-corrected chi connectivity index (χ3v) is 3.34. The Kier molecular flexibility index (Phi) is 3.84. The third-order valence-electron chi connectivity index (χ3n) is 3.34. The normalized spacial score (nSPS) is 12.3. The number of ether oxygens (including phenoxy) is 1. The summed E-state index contributed by atoms with van der Waals surface area (Å²) in [5, 5.41) is 13.3. The van der Waals surface area contributed by atoms with Crippen molar-refractivity contribution in [3.63, 3.8) is 0 Å². The van der Waals surface area contributed by atoms with Crippen molar-refractivity contribution in [1.29, 1.82) is 0 Å². The second-order valence-corrected chi connectivity index (χ2v) is 4.77. The van der Waals surface area contributed by atoms with Crippen LogP contribution in [0.15, 0.2) is 51.7 Å². The number of furan rings is 2. The van der Waals surface area contributed by atoms with Gasteiger partial charge in [0.05, 0.1) is 25.7 Å². The average molecular weight is 301 g/mol. The third kappa shape index (κ3) is 2.68. The smallest absolute Gasteiger partial charge is 0.287 e. The lowest BCUT2D eigenvalue weighted by Crippen LogP contribution is -2.27. The van der Waals surface area contributed by atoms with Gasteiger partial charge in [-0.05, 0) is 18.2 Å². The lowest BCUT2D eigenvalue weighted by atomic mass is 10.2. The van der Waals surface area contributed by atoms with Gasteiger partial charge >= 0.3 is 0 Å². The summed E-state index contributed by atoms with van der Waals surface area (Å²) in [6, 6.07) is 8.69. The van der Waals surface area contributed by atoms with Gasteiger partial charge in [0.25, 0.3) is 5.91 Å². The summed E-state index contributed by atoms with van der Waals surface area (Å²) in [5.41, 5.74) is 1.12. The highest BCUT2D eigenvalue weighted by Crippen LogP contribution is 2.28. The number of rotatable bonds is 5. The lowest BCUT2D eigenvalue weighted by Gasteiger charge is -2.08. The number of amides is 1. The molecule has 1 aromatic carbocycles. The van der Waals surface area contributed by atoms with Crippen molar-refractivity contribution < 1.29 is 23.5 Å². The molecule has 6 heteroatoms. The SMILES string of the molecule is COc1cccc2cc(C(=O)NC[C@H](O)c3ccoc3)oc12. The number of para-hydroxylation sites is 1. The van der Waals surface area contributed by atoms with Crippen LogP contribution in [0.2, 0.25) is 0 Å². The van der Waals surface area contributed by atoms with Crippen LogP contribution in [0.5, 0.6) is 5.75 Å². The molecule has 1 amide bonds. The number of fused-ring (bicyclic) bond motifs is 1. The second kappa shape index (κ2) is 5.95. The lowest BCUT2D eigenvalue weighted by molar-refractivity contribution is 0.0890. The Morgan fingerprint density at radius 3 is 3.00 bits per heavy atom. The number of carbonyl (C=O) groups excluding carboxylic acids is 1. The molecular formula is C16H15NO5. The number of carbonyl (C=O) groups is 1. The minimum Gasteiger partial charge on any atom is -0.493 e. The van der Waals surface area contributed by atoms with Crippen molar-refractivity contribution in [3.8, 4) is 5.75 Å². The van der Waals surface area contributed by atoms with Crippen LogP contribution < -0.4 is 10.1 Å². The van der Waals surface area contributed by atoms with Crippen molar-refractivity contribution in [2.75, 3.05) is 13.7 Å². The Bertz CT molecular complexity index is 775. The molecule has 0 aliphatic rings. The van der Waals surface area contributed by atoms with Gasteiger partial charge in [0.1, 0.15) is 0 Å². The first kappa shape index (κ1) is 14.2. The van der Waals surface area contributed by atoms with Crippen LogP contribution >= 0.6 is 0 Å². The summed E-state index contributed by atoms with van der Waals surface area (Å²) in [4.78, 5) is 12.1. The van der Waals surface area contributed by atoms with Gasteiger partial charge in [-0.2, -0.15) is 0 Å². The van der Waals surface area contributed by atoms with Crippen LogP contribution in [0.25, 0.3) is 11.0 Å². The molecule has 0 radical (unpaired) electrons. The molecule has 22 heavy (non-hydrogen) atoms. The Morgan fingerprint density at radius 2 is 2.27 bits per heavy atom. The molecule has 0 fully saturated rings. The van der Waals surface area contributed by atoms with Crippen LogP contribution in [-0.4, -0.2) is 24.7 Å². The van der Waals surface area contributed by atoms with Crippen molar-refractivity contribution >= 4 is 16.9 Å². The molecule has 2 heterocycles. The molecule has 2 aromatic heterocycles. The fourth-order valence-corrected chi connectivity index (χ4v) is 2.17. The van der Waals surface area contributed by atoms with Crippen LogP contribution in [0.4, 0.5) is 0 Å². The highest BCUT2D eigenvalue weighted by molar-refractivity contribution is 5.97. The molecule has 0 aliphatic carbocycles. The first-order chi connectivity index (χ1) is 10.7. The van der Waals surface area contributed by atoms with E-state index in [9.17, 15) is 9.90 Å². The summed E-state index contributed by atoms with van der Waals surface area (Å²) in [5.74, 6) is 0.328. The van der Waals surface area contributed by atoms with Crippen LogP contribution in [0.1, 0.15) is 22.2 Å². The predicted molar refractivity (Wildman–Crippen MR) is 78.8 cm³/mol. The van der Waals surface area contributed by atoms with E-state index >= 15 is 0 Å². The minimum absolute atomic E-state index is 0.0621. The molecule has 114 valence electrons. The van der Waals surface area contributed by atoms with Crippen LogP contribution in [0.3, 0.4) is 0 Å². The Morgan fingerprint density at radius 1 is 1.41 bits per heavy atom. The van der Waals surface area contributed by atoms with Crippen molar-refractivity contribution in [2.24, 2.45) is 0 Å². The molecule has 0 unspecified atom stereocenters. The van der Waals surface area contributed by atoms with E-state index in [4.69, 9.17) is 13.6 Å². The molecule has 3 rings (SSSR count). The topological polar surface area (TPSA) is 84.8 Å². The van der Waals surface area contributed by atoms with E-state index in [0.717, 1.165) is 5.39 Å². The van der Waals surface area contributed by atoms with Gasteiger partial charge in [0.2, 0.25) is 0 Å². The molecule has 0 aliphatic heterocycles. The molecule has 0 saturated carbocycles. The van der Waals surface area contributed by atoms with E-state index in [2.05, 4.69) is 5.32 Å². The number of benzene rings is 1. The highest BCUT2D eigenvalue weighted by Gasteiger charge is 2.16. The Balaban J connectivity index is 1.72. The molecule has 1 atom stereocenters. The van der Waals surface area contributed by atoms with Crippen LogP contribution in [-0.2, 0) is 0 Å². The van der Waals surface area contributed by atoms with E-state index in [1.54, 1.807) is 18.2 Å². The fourth-order valence-electron chi connectivity index (χ4n) is 2.17. The van der Waals surface area contributed by atoms with Gasteiger partial charge in [-0.3, -0.25) is 4.79 Å². The monoisotopic (exact) mass is 301 g/mol. The second-order valence-electron chi connectivity index (χ2n) is 4.77. The first-order valence-corrected chi connectivity index (χ1v) is 6.74. The molecule has 3 aromatic rings. The molecule has 2 N–H and O–H groups in total. The maximum absolute atomic E-state index is 12.1. The van der Waals surface area contributed by atoms with E-state index < -0.39 is 12.0 Å². The fraction of sp³-hybridized carbons (Fsp3) is 0.188. The molecule has 0 spiro atoms. The number of nitrogens with one attached hydrogen (secondary N) is 1. The highest BCUT2D eigenvalue weighted by atomic mass is 16.5. The summed E-state index contributed by atoms with van der Waals surface area (Å²) in [6.07, 6.45) is 2.07. The number of aliphatic hydroxyl groups is 1. The van der Waals surface area contributed by atoms with Gasteiger partial charge in [-0.1, -0.05) is 12.1 Å². The number of aliphatic hydroxyl groups excluding tert-OH is 1.